The molecule has 5 heteroatoms. The van der Waals surface area contributed by atoms with Crippen LogP contribution in [-0.2, 0) is 0 Å². The number of benzene rings is 1. The summed E-state index contributed by atoms with van der Waals surface area (Å²) in [6, 6.07) is 8.42. The van der Waals surface area contributed by atoms with Crippen molar-refractivity contribution in [2.45, 2.75) is 18.7 Å². The zero-order valence-corrected chi connectivity index (χ0v) is 16.1. The lowest BCUT2D eigenvalue weighted by molar-refractivity contribution is 0.337. The summed E-state index contributed by atoms with van der Waals surface area (Å²) in [6.07, 6.45) is 0. The van der Waals surface area contributed by atoms with Crippen LogP contribution in [0.1, 0.15) is 27.8 Å². The molecule has 2 rings (SSSR count). The number of thiophene rings is 1. The van der Waals surface area contributed by atoms with Gasteiger partial charge in [-0.25, -0.2) is 0 Å². The van der Waals surface area contributed by atoms with Gasteiger partial charge < -0.3 is 4.74 Å². The second-order valence-corrected chi connectivity index (χ2v) is 8.28. The van der Waals surface area contributed by atoms with E-state index < -0.39 is 0 Å². The molecule has 0 fully saturated rings. The molecular formula is C14H13Br3OS. The normalized spacial score (nSPS) is 12.5. The van der Waals surface area contributed by atoms with Crippen LogP contribution in [0.5, 0.6) is 5.75 Å². The highest BCUT2D eigenvalue weighted by atomic mass is 79.9. The van der Waals surface area contributed by atoms with E-state index in [0.29, 0.717) is 6.61 Å². The van der Waals surface area contributed by atoms with Gasteiger partial charge in [0.2, 0.25) is 0 Å². The molecule has 2 aromatic rings. The maximum Gasteiger partial charge on any atom is 0.123 e. The first-order valence-corrected chi connectivity index (χ1v) is 9.17. The van der Waals surface area contributed by atoms with Crippen molar-refractivity contribution >= 4 is 59.1 Å². The van der Waals surface area contributed by atoms with E-state index in [9.17, 15) is 0 Å². The van der Waals surface area contributed by atoms with Crippen LogP contribution >= 0.6 is 59.1 Å². The van der Waals surface area contributed by atoms with Gasteiger partial charge in [-0.1, -0.05) is 33.6 Å². The van der Waals surface area contributed by atoms with E-state index in [2.05, 4.69) is 72.9 Å². The lowest BCUT2D eigenvalue weighted by Crippen LogP contribution is -1.99. The minimum absolute atomic E-state index is 0.140. The predicted octanol–water partition coefficient (Wildman–Crippen LogP) is 6.46. The van der Waals surface area contributed by atoms with Gasteiger partial charge in [0, 0.05) is 14.9 Å². The Morgan fingerprint density at radius 3 is 2.58 bits per heavy atom. The first-order valence-electron chi connectivity index (χ1n) is 5.85. The van der Waals surface area contributed by atoms with Gasteiger partial charge in [0.25, 0.3) is 0 Å². The first kappa shape index (κ1) is 15.5. The Morgan fingerprint density at radius 1 is 1.26 bits per heavy atom. The molecule has 1 unspecified atom stereocenters. The van der Waals surface area contributed by atoms with Gasteiger partial charge in [-0.15, -0.1) is 11.3 Å². The highest BCUT2D eigenvalue weighted by Crippen LogP contribution is 2.44. The Hall–Kier alpha value is 0.160. The van der Waals surface area contributed by atoms with Gasteiger partial charge in [-0.3, -0.25) is 0 Å². The van der Waals surface area contributed by atoms with Crippen molar-refractivity contribution in [1.82, 2.24) is 0 Å². The fraction of sp³-hybridized carbons (Fsp3) is 0.286. The second kappa shape index (κ2) is 6.74. The Balaban J connectivity index is 2.41. The molecule has 0 saturated carbocycles. The number of halogens is 3. The Labute approximate surface area is 142 Å². The summed E-state index contributed by atoms with van der Waals surface area (Å²) < 4.78 is 7.92. The maximum atomic E-state index is 5.72. The van der Waals surface area contributed by atoms with Crippen LogP contribution in [0.2, 0.25) is 0 Å². The molecule has 1 nitrogen and oxygen atoms in total. The third-order valence-electron chi connectivity index (χ3n) is 2.65. The molecule has 1 aromatic heterocycles. The van der Waals surface area contributed by atoms with Crippen molar-refractivity contribution in [3.8, 4) is 5.75 Å². The minimum Gasteiger partial charge on any atom is -0.494 e. The molecule has 0 amide bonds. The molecule has 0 bridgehead atoms. The standard InChI is InChI=1S/C14H13Br3OS/c1-3-18-11-5-4-8(2)6-9(11)13(16)12-7-10(15)14(17)19-12/h4-7,13H,3H2,1-2H3. The average molecular weight is 469 g/mol. The van der Waals surface area contributed by atoms with E-state index in [0.717, 1.165) is 14.0 Å². The quantitative estimate of drug-likeness (QED) is 0.467. The molecular weight excluding hydrogens is 456 g/mol. The summed E-state index contributed by atoms with van der Waals surface area (Å²) in [5.74, 6) is 0.940. The number of alkyl halides is 1. The third-order valence-corrected chi connectivity index (χ3v) is 7.26. The van der Waals surface area contributed by atoms with Crippen molar-refractivity contribution in [3.63, 3.8) is 0 Å². The summed E-state index contributed by atoms with van der Waals surface area (Å²) in [6.45, 7) is 4.78. The van der Waals surface area contributed by atoms with Crippen LogP contribution in [0.15, 0.2) is 32.5 Å². The average Bonchev–Trinajstić information content (AvgIpc) is 2.71. The number of hydrogen-bond donors (Lipinski definition) is 0. The summed E-state index contributed by atoms with van der Waals surface area (Å²) >= 11 is 12.6. The van der Waals surface area contributed by atoms with Crippen molar-refractivity contribution in [2.24, 2.45) is 0 Å². The highest BCUT2D eigenvalue weighted by Gasteiger charge is 2.19. The number of ether oxygens (including phenoxy) is 1. The molecule has 19 heavy (non-hydrogen) atoms. The van der Waals surface area contributed by atoms with Crippen LogP contribution in [0.25, 0.3) is 0 Å². The van der Waals surface area contributed by atoms with Gasteiger partial charge in [-0.2, -0.15) is 0 Å². The van der Waals surface area contributed by atoms with Crippen molar-refractivity contribution in [2.75, 3.05) is 6.61 Å². The molecule has 1 aromatic carbocycles. The molecule has 0 radical (unpaired) electrons. The molecule has 1 atom stereocenters. The van der Waals surface area contributed by atoms with Crippen LogP contribution in [0, 0.1) is 6.92 Å². The van der Waals surface area contributed by atoms with Crippen LogP contribution in [0.4, 0.5) is 0 Å². The maximum absolute atomic E-state index is 5.72. The van der Waals surface area contributed by atoms with Gasteiger partial charge in [0.15, 0.2) is 0 Å². The molecule has 0 aliphatic carbocycles. The van der Waals surface area contributed by atoms with E-state index in [1.54, 1.807) is 11.3 Å². The van der Waals surface area contributed by atoms with Crippen LogP contribution in [-0.4, -0.2) is 6.61 Å². The molecule has 102 valence electrons. The highest BCUT2D eigenvalue weighted by molar-refractivity contribution is 9.13. The smallest absolute Gasteiger partial charge is 0.123 e. The van der Waals surface area contributed by atoms with Crippen LogP contribution in [0.3, 0.4) is 0 Å². The second-order valence-electron chi connectivity index (χ2n) is 4.11. The zero-order chi connectivity index (χ0) is 14.0. The zero-order valence-electron chi connectivity index (χ0n) is 10.5. The summed E-state index contributed by atoms with van der Waals surface area (Å²) in [7, 11) is 0. The Morgan fingerprint density at radius 2 is 2.00 bits per heavy atom. The van der Waals surface area contributed by atoms with Gasteiger partial charge in [-0.05, 0) is 57.8 Å². The Kier molecular flexibility index (Phi) is 5.52. The van der Waals surface area contributed by atoms with Crippen molar-refractivity contribution in [3.05, 3.63) is 48.5 Å². The van der Waals surface area contributed by atoms with Gasteiger partial charge in [0.05, 0.1) is 15.2 Å². The topological polar surface area (TPSA) is 9.23 Å². The van der Waals surface area contributed by atoms with E-state index >= 15 is 0 Å². The lowest BCUT2D eigenvalue weighted by Gasteiger charge is -2.15. The molecule has 0 aliphatic rings. The van der Waals surface area contributed by atoms with E-state index in [1.807, 2.05) is 13.0 Å². The monoisotopic (exact) mass is 466 g/mol. The Bertz CT molecular complexity index is 561. The summed E-state index contributed by atoms with van der Waals surface area (Å²) in [5, 5.41) is 0. The first-order chi connectivity index (χ1) is 9.02. The third kappa shape index (κ3) is 3.63. The molecule has 0 N–H and O–H groups in total. The molecule has 0 spiro atoms. The fourth-order valence-corrected chi connectivity index (χ4v) is 4.65. The van der Waals surface area contributed by atoms with Gasteiger partial charge >= 0.3 is 0 Å². The summed E-state index contributed by atoms with van der Waals surface area (Å²) in [4.78, 5) is 1.38. The lowest BCUT2D eigenvalue weighted by atomic mass is 10.1. The fourth-order valence-electron chi connectivity index (χ4n) is 1.79. The van der Waals surface area contributed by atoms with Crippen LogP contribution < -0.4 is 4.74 Å². The number of aryl methyl sites for hydroxylation is 1. The summed E-state index contributed by atoms with van der Waals surface area (Å²) in [5.41, 5.74) is 2.40. The van der Waals surface area contributed by atoms with Gasteiger partial charge in [0.1, 0.15) is 5.75 Å². The largest absolute Gasteiger partial charge is 0.494 e. The SMILES string of the molecule is CCOc1ccc(C)cc1C(Br)c1cc(Br)c(Br)s1. The van der Waals surface area contributed by atoms with Crippen molar-refractivity contribution < 1.29 is 4.74 Å². The molecule has 1 heterocycles. The number of rotatable bonds is 4. The van der Waals surface area contributed by atoms with Crippen molar-refractivity contribution in [1.29, 1.82) is 0 Å². The number of hydrogen-bond acceptors (Lipinski definition) is 2. The van der Waals surface area contributed by atoms with E-state index in [1.165, 1.54) is 16.0 Å². The molecule has 0 saturated heterocycles. The van der Waals surface area contributed by atoms with E-state index in [-0.39, 0.29) is 4.83 Å². The van der Waals surface area contributed by atoms with E-state index in [4.69, 9.17) is 4.74 Å². The minimum atomic E-state index is 0.140. The predicted molar refractivity (Wildman–Crippen MR) is 92.8 cm³/mol. The molecule has 0 aliphatic heterocycles.